The Morgan fingerprint density at radius 3 is 2.14 bits per heavy atom. The van der Waals surface area contributed by atoms with Crippen LogP contribution in [-0.4, -0.2) is 82.9 Å². The molecule has 2 heterocycles. The lowest BCUT2D eigenvalue weighted by Crippen LogP contribution is -2.44. The molecule has 0 amide bonds. The fourth-order valence-corrected chi connectivity index (χ4v) is 6.26. The van der Waals surface area contributed by atoms with Crippen LogP contribution in [0.2, 0.25) is 0 Å². The number of para-hydroxylation sites is 1. The molecule has 0 bridgehead atoms. The first-order valence-electron chi connectivity index (χ1n) is 14.5. The second-order valence-electron chi connectivity index (χ2n) is 11.5. The number of hydrogen-bond donors (Lipinski definition) is 5. The summed E-state index contributed by atoms with van der Waals surface area (Å²) in [7, 11) is 4.47. The fraction of sp³-hybridized carbons (Fsp3) is 0.406. The van der Waals surface area contributed by atoms with Crippen molar-refractivity contribution >= 4 is 28.8 Å². The van der Waals surface area contributed by atoms with E-state index in [1.807, 2.05) is 10.9 Å². The molecule has 1 aliphatic rings. The van der Waals surface area contributed by atoms with Crippen molar-refractivity contribution in [2.75, 3.05) is 14.1 Å². The minimum absolute atomic E-state index is 0.130. The lowest BCUT2D eigenvalue weighted by Gasteiger charge is -2.45. The van der Waals surface area contributed by atoms with Gasteiger partial charge in [0.25, 0.3) is 0 Å². The topological polar surface area (TPSA) is 182 Å². The molecule has 5 rings (SSSR count). The molecule has 0 saturated heterocycles. The highest BCUT2D eigenvalue weighted by Crippen LogP contribution is 2.47. The number of aliphatic hydroxyl groups is 1. The number of carboxylic acid groups (broad SMARTS) is 3. The Balaban J connectivity index is 0.000000289. The van der Waals surface area contributed by atoms with Gasteiger partial charge in [-0.3, -0.25) is 19.2 Å². The van der Waals surface area contributed by atoms with Gasteiger partial charge in [0.15, 0.2) is 5.60 Å². The average Bonchev–Trinajstić information content (AvgIpc) is 3.64. The van der Waals surface area contributed by atoms with Crippen molar-refractivity contribution < 1.29 is 34.8 Å². The van der Waals surface area contributed by atoms with Crippen LogP contribution < -0.4 is 0 Å². The molecule has 1 aliphatic carbocycles. The van der Waals surface area contributed by atoms with Gasteiger partial charge in [0, 0.05) is 34.9 Å². The van der Waals surface area contributed by atoms with Crippen molar-refractivity contribution in [3.8, 4) is 0 Å². The van der Waals surface area contributed by atoms with Crippen molar-refractivity contribution in [2.24, 2.45) is 0 Å². The summed E-state index contributed by atoms with van der Waals surface area (Å²) in [4.78, 5) is 36.7. The fourth-order valence-electron chi connectivity index (χ4n) is 6.26. The number of aromatic amines is 1. The van der Waals surface area contributed by atoms with Gasteiger partial charge < -0.3 is 25.4 Å². The maximum absolute atomic E-state index is 10.3. The normalized spacial score (nSPS) is 18.5. The number of aromatic nitrogens is 4. The van der Waals surface area contributed by atoms with Crippen molar-refractivity contribution in [2.45, 2.75) is 68.5 Å². The highest BCUT2D eigenvalue weighted by Gasteiger charge is 2.41. The molecule has 2 aromatic carbocycles. The van der Waals surface area contributed by atoms with Gasteiger partial charge in [0.1, 0.15) is 0 Å². The van der Waals surface area contributed by atoms with Crippen LogP contribution in [0, 0.1) is 0 Å². The predicted octanol–water partition coefficient (Wildman–Crippen LogP) is 3.87. The summed E-state index contributed by atoms with van der Waals surface area (Å²) >= 11 is 0. The van der Waals surface area contributed by atoms with Crippen LogP contribution in [0.4, 0.5) is 0 Å². The molecule has 0 atom stereocenters. The van der Waals surface area contributed by atoms with Gasteiger partial charge in [0.2, 0.25) is 0 Å². The van der Waals surface area contributed by atoms with E-state index in [0.29, 0.717) is 5.92 Å². The Morgan fingerprint density at radius 2 is 1.59 bits per heavy atom. The van der Waals surface area contributed by atoms with Gasteiger partial charge >= 0.3 is 17.9 Å². The lowest BCUT2D eigenvalue weighted by molar-refractivity contribution is -0.170. The number of carboxylic acids is 3. The summed E-state index contributed by atoms with van der Waals surface area (Å²) < 4.78 is 1.93. The second kappa shape index (κ2) is 13.8. The van der Waals surface area contributed by atoms with E-state index in [9.17, 15) is 14.4 Å². The number of benzene rings is 2. The first-order valence-corrected chi connectivity index (χ1v) is 14.5. The summed E-state index contributed by atoms with van der Waals surface area (Å²) in [5.41, 5.74) is 2.97. The van der Waals surface area contributed by atoms with Crippen LogP contribution in [0.3, 0.4) is 0 Å². The van der Waals surface area contributed by atoms with Crippen molar-refractivity contribution in [3.05, 3.63) is 83.8 Å². The molecule has 44 heavy (non-hydrogen) atoms. The van der Waals surface area contributed by atoms with Gasteiger partial charge in [-0.1, -0.05) is 53.7 Å². The van der Waals surface area contributed by atoms with Gasteiger partial charge in [-0.15, -0.1) is 5.10 Å². The molecule has 12 nitrogen and oxygen atoms in total. The van der Waals surface area contributed by atoms with Crippen LogP contribution in [0.25, 0.3) is 10.9 Å². The quantitative estimate of drug-likeness (QED) is 0.168. The predicted molar refractivity (Wildman–Crippen MR) is 162 cm³/mol. The molecule has 234 valence electrons. The molecule has 1 fully saturated rings. The number of fused-ring (bicyclic) bond motifs is 1. The maximum Gasteiger partial charge on any atom is 0.336 e. The molecular weight excluding hydrogens is 566 g/mol. The van der Waals surface area contributed by atoms with Crippen LogP contribution in [-0.2, 0) is 32.9 Å². The van der Waals surface area contributed by atoms with Crippen molar-refractivity contribution in [1.29, 1.82) is 0 Å². The summed E-state index contributed by atoms with van der Waals surface area (Å²) in [6, 6.07) is 19.8. The second-order valence-corrected chi connectivity index (χ2v) is 11.5. The van der Waals surface area contributed by atoms with Gasteiger partial charge in [0.05, 0.1) is 19.0 Å². The van der Waals surface area contributed by atoms with E-state index in [1.165, 1.54) is 53.4 Å². The number of aryl methyl sites for hydroxylation is 2. The Morgan fingerprint density at radius 1 is 0.977 bits per heavy atom. The minimum Gasteiger partial charge on any atom is -0.481 e. The third kappa shape index (κ3) is 7.32. The molecule has 2 aromatic heterocycles. The van der Waals surface area contributed by atoms with Gasteiger partial charge in [-0.2, -0.15) is 0 Å². The monoisotopic (exact) mass is 605 g/mol. The van der Waals surface area contributed by atoms with Gasteiger partial charge in [-0.05, 0) is 69.3 Å². The molecule has 0 spiro atoms. The molecule has 12 heteroatoms. The Kier molecular flexibility index (Phi) is 10.2. The molecule has 0 radical (unpaired) electrons. The smallest absolute Gasteiger partial charge is 0.336 e. The number of aliphatic carboxylic acids is 3. The number of H-pyrrole nitrogens is 1. The van der Waals surface area contributed by atoms with E-state index in [2.05, 4.69) is 88.9 Å². The molecule has 0 aliphatic heterocycles. The number of nitrogens with zero attached hydrogens (tertiary/aromatic N) is 4. The van der Waals surface area contributed by atoms with Gasteiger partial charge in [-0.25, -0.2) is 4.79 Å². The zero-order chi connectivity index (χ0) is 31.9. The Bertz CT molecular complexity index is 1540. The van der Waals surface area contributed by atoms with E-state index in [0.717, 1.165) is 13.0 Å². The van der Waals surface area contributed by atoms with E-state index in [4.69, 9.17) is 20.4 Å². The Labute approximate surface area is 254 Å². The highest BCUT2D eigenvalue weighted by atomic mass is 16.4. The molecule has 1 saturated carbocycles. The van der Waals surface area contributed by atoms with E-state index in [1.54, 1.807) is 6.20 Å². The zero-order valence-electron chi connectivity index (χ0n) is 24.9. The summed E-state index contributed by atoms with van der Waals surface area (Å²) in [5, 5.41) is 43.3. The maximum atomic E-state index is 10.3. The van der Waals surface area contributed by atoms with Crippen molar-refractivity contribution in [1.82, 2.24) is 24.9 Å². The first kappa shape index (κ1) is 32.4. The van der Waals surface area contributed by atoms with Crippen LogP contribution in [0.5, 0.6) is 0 Å². The zero-order valence-corrected chi connectivity index (χ0v) is 24.9. The van der Waals surface area contributed by atoms with E-state index >= 15 is 0 Å². The van der Waals surface area contributed by atoms with E-state index in [-0.39, 0.29) is 5.54 Å². The van der Waals surface area contributed by atoms with Crippen LogP contribution >= 0.6 is 0 Å². The van der Waals surface area contributed by atoms with E-state index < -0.39 is 36.4 Å². The van der Waals surface area contributed by atoms with Crippen LogP contribution in [0.1, 0.15) is 61.3 Å². The Hall–Kier alpha value is -4.55. The lowest BCUT2D eigenvalue weighted by atomic mass is 9.70. The first-order chi connectivity index (χ1) is 20.9. The highest BCUT2D eigenvalue weighted by molar-refractivity contribution is 5.88. The standard InChI is InChI=1S/C26H31N5.C6H8O7/c1-30(2)26(21-8-4-3-5-9-21)15-12-20(13-16-26)25-23(14-18-31-19-17-27-29-31)22-10-6-7-11-24(22)28-25;7-3(8)1-6(13,5(11)12)2-4(9)10/h3-11,17,19-20,28H,12-16,18H2,1-2H3;13H,1-2H2,(H,7,8)(H,9,10)(H,11,12). The number of hydrogen-bond acceptors (Lipinski definition) is 7. The number of nitrogens with one attached hydrogen (secondary N) is 1. The average molecular weight is 606 g/mol. The third-order valence-electron chi connectivity index (χ3n) is 8.58. The number of rotatable bonds is 11. The molecular formula is C32H39N5O7. The SMILES string of the molecule is CN(C)C1(c2ccccc2)CCC(c2[nH]c3ccccc3c2CCn2ccnn2)CC1.O=C(O)CC(O)(CC(=O)O)C(=O)O. The molecule has 0 unspecified atom stereocenters. The molecule has 5 N–H and O–H groups in total. The van der Waals surface area contributed by atoms with Crippen molar-refractivity contribution in [3.63, 3.8) is 0 Å². The summed E-state index contributed by atoms with van der Waals surface area (Å²) in [6.45, 7) is 0.854. The number of carbonyl (C=O) groups is 3. The minimum atomic E-state index is -2.74. The molecule has 4 aromatic rings. The third-order valence-corrected chi connectivity index (χ3v) is 8.58. The summed E-state index contributed by atoms with van der Waals surface area (Å²) in [5.74, 6) is -4.45. The summed E-state index contributed by atoms with van der Waals surface area (Å²) in [6.07, 6.45) is 7.10. The van der Waals surface area contributed by atoms with Crippen LogP contribution in [0.15, 0.2) is 67.0 Å². The largest absolute Gasteiger partial charge is 0.481 e.